The molecule has 3 aliphatic rings. The monoisotopic (exact) mass is 629 g/mol. The van der Waals surface area contributed by atoms with Crippen molar-refractivity contribution < 1.29 is 26.7 Å². The van der Waals surface area contributed by atoms with Gasteiger partial charge in [-0.05, 0) is 49.7 Å². The van der Waals surface area contributed by atoms with E-state index in [0.29, 0.717) is 54.4 Å². The van der Waals surface area contributed by atoms with Crippen LogP contribution in [0, 0.1) is 11.6 Å². The number of nitrogens with zero attached hydrogens (tertiary/aromatic N) is 3. The van der Waals surface area contributed by atoms with Crippen LogP contribution in [0.3, 0.4) is 0 Å². The van der Waals surface area contributed by atoms with E-state index in [2.05, 4.69) is 31.0 Å². The minimum Gasteiger partial charge on any atom is -0.383 e. The molecule has 6 rings (SSSR count). The van der Waals surface area contributed by atoms with Crippen molar-refractivity contribution in [2.24, 2.45) is 0 Å². The molecule has 1 atom stereocenters. The predicted molar refractivity (Wildman–Crippen MR) is 163 cm³/mol. The highest BCUT2D eigenvalue weighted by atomic mass is 32.2. The zero-order valence-electron chi connectivity index (χ0n) is 24.8. The SMILES string of the molecule is CC1(C)CN(S(=O)(=O)c2cc(F)cc(F)c2)Cc2c(NC(=O)c3ccc(N4CCOCC4)cc3NCC3CCCN3)n[nH]c21. The maximum Gasteiger partial charge on any atom is 0.258 e. The normalized spacial score (nSPS) is 20.4. The van der Waals surface area contributed by atoms with Gasteiger partial charge in [-0.2, -0.15) is 9.40 Å². The number of carbonyl (C=O) groups excluding carboxylic acids is 1. The summed E-state index contributed by atoms with van der Waals surface area (Å²) in [5, 5.41) is 17.2. The minimum atomic E-state index is -4.26. The number of aromatic amines is 1. The first kappa shape index (κ1) is 30.4. The van der Waals surface area contributed by atoms with E-state index in [9.17, 15) is 22.0 Å². The van der Waals surface area contributed by atoms with E-state index in [1.54, 1.807) is 6.07 Å². The number of morpholine rings is 1. The van der Waals surface area contributed by atoms with Crippen LogP contribution in [-0.4, -0.2) is 80.8 Å². The van der Waals surface area contributed by atoms with Crippen molar-refractivity contribution in [3.8, 4) is 0 Å². The van der Waals surface area contributed by atoms with Crippen LogP contribution in [0.2, 0.25) is 0 Å². The number of carbonyl (C=O) groups is 1. The van der Waals surface area contributed by atoms with Crippen LogP contribution in [0.25, 0.3) is 0 Å². The molecular weight excluding hydrogens is 592 g/mol. The topological polar surface area (TPSA) is 132 Å². The fourth-order valence-electron chi connectivity index (χ4n) is 6.16. The van der Waals surface area contributed by atoms with E-state index in [4.69, 9.17) is 4.74 Å². The largest absolute Gasteiger partial charge is 0.383 e. The summed E-state index contributed by atoms with van der Waals surface area (Å²) in [5.74, 6) is -2.17. The van der Waals surface area contributed by atoms with Crippen molar-refractivity contribution in [2.45, 2.75) is 49.6 Å². The smallest absolute Gasteiger partial charge is 0.258 e. The first-order chi connectivity index (χ1) is 21.0. The number of fused-ring (bicyclic) bond motifs is 1. The van der Waals surface area contributed by atoms with Gasteiger partial charge < -0.3 is 25.6 Å². The Morgan fingerprint density at radius 3 is 2.59 bits per heavy atom. The summed E-state index contributed by atoms with van der Waals surface area (Å²) in [6, 6.07) is 8.20. The second-order valence-corrected chi connectivity index (χ2v) is 14.1. The average molecular weight is 630 g/mol. The Hall–Kier alpha value is -3.59. The highest BCUT2D eigenvalue weighted by molar-refractivity contribution is 7.89. The van der Waals surface area contributed by atoms with Crippen molar-refractivity contribution in [1.29, 1.82) is 0 Å². The van der Waals surface area contributed by atoms with Crippen LogP contribution < -0.4 is 20.9 Å². The summed E-state index contributed by atoms with van der Waals surface area (Å²) in [6.45, 7) is 8.00. The first-order valence-corrected chi connectivity index (χ1v) is 16.2. The zero-order valence-corrected chi connectivity index (χ0v) is 25.6. The molecule has 2 fully saturated rings. The molecule has 2 aromatic carbocycles. The Balaban J connectivity index is 1.27. The molecule has 44 heavy (non-hydrogen) atoms. The van der Waals surface area contributed by atoms with Crippen LogP contribution >= 0.6 is 0 Å². The summed E-state index contributed by atoms with van der Waals surface area (Å²) < 4.78 is 61.5. The van der Waals surface area contributed by atoms with Gasteiger partial charge >= 0.3 is 0 Å². The lowest BCUT2D eigenvalue weighted by Crippen LogP contribution is -2.45. The summed E-state index contributed by atoms with van der Waals surface area (Å²) in [7, 11) is -4.26. The van der Waals surface area contributed by atoms with Gasteiger partial charge in [0, 0.05) is 72.9 Å². The number of amides is 1. The molecule has 0 saturated carbocycles. The Kier molecular flexibility index (Phi) is 8.35. The van der Waals surface area contributed by atoms with Crippen molar-refractivity contribution in [3.05, 3.63) is 64.9 Å². The number of benzene rings is 2. The van der Waals surface area contributed by atoms with Crippen LogP contribution in [0.15, 0.2) is 41.3 Å². The molecule has 1 unspecified atom stereocenters. The minimum absolute atomic E-state index is 0.0440. The van der Waals surface area contributed by atoms with Crippen molar-refractivity contribution in [2.75, 3.05) is 61.5 Å². The lowest BCUT2D eigenvalue weighted by molar-refractivity contribution is 0.102. The van der Waals surface area contributed by atoms with Gasteiger partial charge in [-0.1, -0.05) is 13.8 Å². The number of sulfonamides is 1. The molecule has 0 spiro atoms. The third-order valence-corrected chi connectivity index (χ3v) is 10.3. The maximum atomic E-state index is 13.9. The van der Waals surface area contributed by atoms with E-state index in [0.717, 1.165) is 54.6 Å². The van der Waals surface area contributed by atoms with Gasteiger partial charge in [-0.15, -0.1) is 0 Å². The van der Waals surface area contributed by atoms with Crippen LogP contribution in [0.5, 0.6) is 0 Å². The molecule has 1 aromatic heterocycles. The van der Waals surface area contributed by atoms with Gasteiger partial charge in [0.2, 0.25) is 10.0 Å². The average Bonchev–Trinajstić information content (AvgIpc) is 3.66. The Morgan fingerprint density at radius 1 is 1.14 bits per heavy atom. The van der Waals surface area contributed by atoms with Crippen molar-refractivity contribution in [3.63, 3.8) is 0 Å². The second-order valence-electron chi connectivity index (χ2n) is 12.1. The van der Waals surface area contributed by atoms with E-state index < -0.39 is 37.9 Å². The van der Waals surface area contributed by atoms with Crippen LogP contribution in [-0.2, 0) is 26.7 Å². The van der Waals surface area contributed by atoms with Crippen molar-refractivity contribution >= 4 is 33.1 Å². The fourth-order valence-corrected chi connectivity index (χ4v) is 7.78. The van der Waals surface area contributed by atoms with Crippen LogP contribution in [0.4, 0.5) is 26.0 Å². The molecule has 11 nitrogen and oxygen atoms in total. The first-order valence-electron chi connectivity index (χ1n) is 14.8. The number of ether oxygens (including phenoxy) is 1. The molecule has 0 radical (unpaired) electrons. The van der Waals surface area contributed by atoms with Crippen molar-refractivity contribution in [1.82, 2.24) is 19.8 Å². The molecule has 3 aliphatic heterocycles. The van der Waals surface area contributed by atoms with Gasteiger partial charge in [0.25, 0.3) is 5.91 Å². The third-order valence-electron chi connectivity index (χ3n) is 8.48. The lowest BCUT2D eigenvalue weighted by Gasteiger charge is -2.36. The number of halogens is 2. The van der Waals surface area contributed by atoms with Gasteiger partial charge in [0.15, 0.2) is 5.82 Å². The third kappa shape index (κ3) is 6.16. The van der Waals surface area contributed by atoms with E-state index >= 15 is 0 Å². The number of hydrogen-bond acceptors (Lipinski definition) is 8. The molecule has 1 amide bonds. The highest BCUT2D eigenvalue weighted by Gasteiger charge is 2.41. The van der Waals surface area contributed by atoms with Gasteiger partial charge in [0.1, 0.15) is 11.6 Å². The molecule has 236 valence electrons. The number of anilines is 3. The molecule has 0 bridgehead atoms. The number of hydrogen-bond donors (Lipinski definition) is 4. The summed E-state index contributed by atoms with van der Waals surface area (Å²) in [4.78, 5) is 15.5. The molecular formula is C30H37F2N7O4S. The molecule has 3 aromatic rings. The fraction of sp³-hybridized carbons (Fsp3) is 0.467. The molecule has 0 aliphatic carbocycles. The van der Waals surface area contributed by atoms with Gasteiger partial charge in [0.05, 0.1) is 23.7 Å². The second kappa shape index (κ2) is 12.1. The summed E-state index contributed by atoms with van der Waals surface area (Å²) in [6.07, 6.45) is 2.16. The Labute approximate surface area is 255 Å². The standard InChI is InChI=1S/C30H37F2N7O4S/c1-30(2)18-39(44(41,42)23-13-19(31)12-20(32)14-23)17-25-27(30)36-37-28(25)35-29(40)24-6-5-22(38-8-10-43-11-9-38)15-26(24)34-16-21-4-3-7-33-21/h5-6,12-15,21,33-34H,3-4,7-11,16-18H2,1-2H3,(H2,35,36,37,40). The molecule has 4 heterocycles. The maximum absolute atomic E-state index is 13.9. The van der Waals surface area contributed by atoms with E-state index in [1.807, 2.05) is 26.0 Å². The number of H-pyrrole nitrogens is 1. The molecule has 4 N–H and O–H groups in total. The molecule has 14 heteroatoms. The highest BCUT2D eigenvalue weighted by Crippen LogP contribution is 2.38. The van der Waals surface area contributed by atoms with Gasteiger partial charge in [-0.25, -0.2) is 17.2 Å². The number of rotatable bonds is 8. The van der Waals surface area contributed by atoms with E-state index in [-0.39, 0.29) is 18.9 Å². The van der Waals surface area contributed by atoms with Gasteiger partial charge in [-0.3, -0.25) is 9.89 Å². The van der Waals surface area contributed by atoms with Crippen LogP contribution in [0.1, 0.15) is 48.3 Å². The number of nitrogens with one attached hydrogen (secondary N) is 4. The number of aromatic nitrogens is 2. The Bertz CT molecular complexity index is 1630. The van der Waals surface area contributed by atoms with E-state index in [1.165, 1.54) is 0 Å². The zero-order chi connectivity index (χ0) is 31.1. The quantitative estimate of drug-likeness (QED) is 0.298. The Morgan fingerprint density at radius 2 is 1.89 bits per heavy atom. The molecule has 2 saturated heterocycles. The summed E-state index contributed by atoms with van der Waals surface area (Å²) >= 11 is 0. The summed E-state index contributed by atoms with van der Waals surface area (Å²) in [5.41, 5.74) is 2.53. The predicted octanol–water partition coefficient (Wildman–Crippen LogP) is 3.42. The lowest BCUT2D eigenvalue weighted by atomic mass is 9.84.